The van der Waals surface area contributed by atoms with Gasteiger partial charge in [-0.2, -0.15) is 0 Å². The summed E-state index contributed by atoms with van der Waals surface area (Å²) in [5.41, 5.74) is 1.64. The molecule has 2 aromatic rings. The summed E-state index contributed by atoms with van der Waals surface area (Å²) >= 11 is 0. The number of hydrogen-bond donors (Lipinski definition) is 1. The Balaban J connectivity index is 1.39. The highest BCUT2D eigenvalue weighted by molar-refractivity contribution is 5.13. The number of aliphatic hydroxyl groups is 1. The van der Waals surface area contributed by atoms with E-state index in [-0.39, 0.29) is 0 Å². The molecule has 0 radical (unpaired) electrons. The SMILES string of the molecule is O[C@@](Cc1ccccn1)(C1CCCCC1)C1CCC(OCc2ccccc2)CC1. The number of aromatic nitrogens is 1. The quantitative estimate of drug-likeness (QED) is 0.655. The van der Waals surface area contributed by atoms with E-state index in [4.69, 9.17) is 4.74 Å². The summed E-state index contributed by atoms with van der Waals surface area (Å²) in [4.78, 5) is 4.55. The normalized spacial score (nSPS) is 25.4. The average molecular weight is 394 g/mol. The Morgan fingerprint density at radius 1 is 0.828 bits per heavy atom. The molecule has 1 N–H and O–H groups in total. The lowest BCUT2D eigenvalue weighted by Crippen LogP contribution is -2.49. The van der Waals surface area contributed by atoms with Crippen LogP contribution in [-0.2, 0) is 17.8 Å². The zero-order valence-electron chi connectivity index (χ0n) is 17.5. The molecule has 156 valence electrons. The van der Waals surface area contributed by atoms with Crippen molar-refractivity contribution in [2.24, 2.45) is 11.8 Å². The van der Waals surface area contributed by atoms with Gasteiger partial charge in [-0.3, -0.25) is 4.98 Å². The van der Waals surface area contributed by atoms with Crippen molar-refractivity contribution in [3.8, 4) is 0 Å². The highest BCUT2D eigenvalue weighted by Gasteiger charge is 2.45. The summed E-state index contributed by atoms with van der Waals surface area (Å²) in [5, 5.41) is 12.0. The molecule has 2 aliphatic rings. The van der Waals surface area contributed by atoms with Crippen LogP contribution in [-0.4, -0.2) is 21.8 Å². The topological polar surface area (TPSA) is 42.4 Å². The fraction of sp³-hybridized carbons (Fsp3) is 0.577. The van der Waals surface area contributed by atoms with Gasteiger partial charge in [-0.25, -0.2) is 0 Å². The molecule has 2 aliphatic carbocycles. The van der Waals surface area contributed by atoms with E-state index in [1.807, 2.05) is 24.4 Å². The van der Waals surface area contributed by atoms with E-state index in [1.165, 1.54) is 24.8 Å². The van der Waals surface area contributed by atoms with Gasteiger partial charge in [-0.05, 0) is 68.1 Å². The van der Waals surface area contributed by atoms with Crippen LogP contribution in [0.2, 0.25) is 0 Å². The van der Waals surface area contributed by atoms with Crippen LogP contribution >= 0.6 is 0 Å². The Morgan fingerprint density at radius 2 is 1.52 bits per heavy atom. The van der Waals surface area contributed by atoms with E-state index in [0.29, 0.717) is 31.0 Å². The predicted octanol–water partition coefficient (Wildman–Crippen LogP) is 5.71. The maximum absolute atomic E-state index is 12.0. The number of nitrogens with zero attached hydrogens (tertiary/aromatic N) is 1. The summed E-state index contributed by atoms with van der Waals surface area (Å²) in [6.45, 7) is 0.691. The Labute approximate surface area is 175 Å². The molecule has 1 atom stereocenters. The van der Waals surface area contributed by atoms with Crippen molar-refractivity contribution < 1.29 is 9.84 Å². The molecule has 0 amide bonds. The third-order valence-corrected chi connectivity index (χ3v) is 7.21. The summed E-state index contributed by atoms with van der Waals surface area (Å²) in [6, 6.07) is 16.5. The minimum absolute atomic E-state index is 0.317. The minimum atomic E-state index is -0.626. The van der Waals surface area contributed by atoms with Gasteiger partial charge in [0, 0.05) is 18.3 Å². The fourth-order valence-corrected chi connectivity index (χ4v) is 5.54. The summed E-state index contributed by atoms with van der Waals surface area (Å²) in [7, 11) is 0. The van der Waals surface area contributed by atoms with Gasteiger partial charge < -0.3 is 9.84 Å². The van der Waals surface area contributed by atoms with Crippen LogP contribution in [0.1, 0.15) is 69.0 Å². The molecule has 0 bridgehead atoms. The molecule has 29 heavy (non-hydrogen) atoms. The zero-order chi connectivity index (χ0) is 19.9. The molecular formula is C26H35NO2. The van der Waals surface area contributed by atoms with Crippen molar-refractivity contribution in [2.45, 2.75) is 82.5 Å². The number of ether oxygens (including phenoxy) is 1. The monoisotopic (exact) mass is 393 g/mol. The Morgan fingerprint density at radius 3 is 2.21 bits per heavy atom. The molecule has 2 saturated carbocycles. The van der Waals surface area contributed by atoms with E-state index in [0.717, 1.165) is 44.2 Å². The highest BCUT2D eigenvalue weighted by atomic mass is 16.5. The minimum Gasteiger partial charge on any atom is -0.389 e. The van der Waals surface area contributed by atoms with Crippen molar-refractivity contribution in [2.75, 3.05) is 0 Å². The van der Waals surface area contributed by atoms with Crippen LogP contribution in [0.25, 0.3) is 0 Å². The zero-order valence-corrected chi connectivity index (χ0v) is 17.5. The fourth-order valence-electron chi connectivity index (χ4n) is 5.54. The lowest BCUT2D eigenvalue weighted by atomic mass is 9.64. The molecular weight excluding hydrogens is 358 g/mol. The van der Waals surface area contributed by atoms with Crippen molar-refractivity contribution in [1.29, 1.82) is 0 Å². The van der Waals surface area contributed by atoms with Gasteiger partial charge in [0.15, 0.2) is 0 Å². The molecule has 0 saturated heterocycles. The van der Waals surface area contributed by atoms with Crippen LogP contribution in [0, 0.1) is 11.8 Å². The van der Waals surface area contributed by atoms with E-state index < -0.39 is 5.60 Å². The lowest BCUT2D eigenvalue weighted by molar-refractivity contribution is -0.106. The second-order valence-electron chi connectivity index (χ2n) is 9.09. The smallest absolute Gasteiger partial charge is 0.0759 e. The van der Waals surface area contributed by atoms with E-state index in [1.54, 1.807) is 0 Å². The molecule has 2 fully saturated rings. The van der Waals surface area contributed by atoms with Crippen LogP contribution in [0.3, 0.4) is 0 Å². The van der Waals surface area contributed by atoms with Gasteiger partial charge in [-0.1, -0.05) is 55.7 Å². The largest absolute Gasteiger partial charge is 0.389 e. The number of pyridine rings is 1. The standard InChI is InChI=1S/C26H35NO2/c28-26(22-11-5-2-6-12-22,19-24-13-7-8-18-27-24)23-14-16-25(17-15-23)29-20-21-9-3-1-4-10-21/h1,3-4,7-10,13,18,22-23,25,28H,2,5-6,11-12,14-17,19-20H2/t23?,25?,26-/m0/s1. The van der Waals surface area contributed by atoms with E-state index in [2.05, 4.69) is 35.3 Å². The van der Waals surface area contributed by atoms with Crippen LogP contribution < -0.4 is 0 Å². The maximum Gasteiger partial charge on any atom is 0.0759 e. The van der Waals surface area contributed by atoms with Gasteiger partial charge >= 0.3 is 0 Å². The Kier molecular flexibility index (Phi) is 6.99. The van der Waals surface area contributed by atoms with Crippen LogP contribution in [0.5, 0.6) is 0 Å². The third-order valence-electron chi connectivity index (χ3n) is 7.21. The molecule has 1 aromatic heterocycles. The third kappa shape index (κ3) is 5.26. The van der Waals surface area contributed by atoms with Crippen LogP contribution in [0.15, 0.2) is 54.7 Å². The molecule has 3 nitrogen and oxygen atoms in total. The van der Waals surface area contributed by atoms with Crippen molar-refractivity contribution in [1.82, 2.24) is 4.98 Å². The van der Waals surface area contributed by atoms with E-state index >= 15 is 0 Å². The molecule has 1 aromatic carbocycles. The number of benzene rings is 1. The first-order chi connectivity index (χ1) is 14.2. The number of hydrogen-bond acceptors (Lipinski definition) is 3. The van der Waals surface area contributed by atoms with Crippen molar-refractivity contribution in [3.05, 3.63) is 66.0 Å². The second-order valence-corrected chi connectivity index (χ2v) is 9.09. The van der Waals surface area contributed by atoms with Gasteiger partial charge in [0.25, 0.3) is 0 Å². The molecule has 0 spiro atoms. The van der Waals surface area contributed by atoms with Crippen molar-refractivity contribution in [3.63, 3.8) is 0 Å². The Bertz CT molecular complexity index is 721. The first-order valence-corrected chi connectivity index (χ1v) is 11.5. The predicted molar refractivity (Wildman–Crippen MR) is 116 cm³/mol. The first kappa shape index (κ1) is 20.6. The van der Waals surface area contributed by atoms with Crippen LogP contribution in [0.4, 0.5) is 0 Å². The lowest BCUT2D eigenvalue weighted by Gasteiger charge is -2.46. The molecule has 3 heteroatoms. The van der Waals surface area contributed by atoms with E-state index in [9.17, 15) is 5.11 Å². The molecule has 0 unspecified atom stereocenters. The van der Waals surface area contributed by atoms with Gasteiger partial charge in [0.05, 0.1) is 18.3 Å². The molecule has 0 aliphatic heterocycles. The Hall–Kier alpha value is -1.71. The molecule has 1 heterocycles. The molecule has 4 rings (SSSR count). The average Bonchev–Trinajstić information content (AvgIpc) is 2.80. The highest BCUT2D eigenvalue weighted by Crippen LogP contribution is 2.45. The van der Waals surface area contributed by atoms with Crippen molar-refractivity contribution >= 4 is 0 Å². The second kappa shape index (κ2) is 9.86. The van der Waals surface area contributed by atoms with Gasteiger partial charge in [-0.15, -0.1) is 0 Å². The number of rotatable bonds is 7. The summed E-state index contributed by atoms with van der Waals surface area (Å²) < 4.78 is 6.20. The summed E-state index contributed by atoms with van der Waals surface area (Å²) in [6.07, 6.45) is 13.2. The van der Waals surface area contributed by atoms with Gasteiger partial charge in [0.1, 0.15) is 0 Å². The maximum atomic E-state index is 12.0. The van der Waals surface area contributed by atoms with Gasteiger partial charge in [0.2, 0.25) is 0 Å². The first-order valence-electron chi connectivity index (χ1n) is 11.5. The summed E-state index contributed by atoms with van der Waals surface area (Å²) in [5.74, 6) is 0.759.